The van der Waals surface area contributed by atoms with Crippen LogP contribution in [0.15, 0.2) is 42.7 Å². The van der Waals surface area contributed by atoms with Crippen molar-refractivity contribution < 1.29 is 18.7 Å². The summed E-state index contributed by atoms with van der Waals surface area (Å²) in [7, 11) is 1.67. The molecule has 176 valence electrons. The topological polar surface area (TPSA) is 120 Å². The van der Waals surface area contributed by atoms with E-state index in [0.717, 1.165) is 0 Å². The second kappa shape index (κ2) is 8.89. The molecule has 11 nitrogen and oxygen atoms in total. The summed E-state index contributed by atoms with van der Waals surface area (Å²) < 4.78 is 22.1. The van der Waals surface area contributed by atoms with Gasteiger partial charge in [0, 0.05) is 30.4 Å². The minimum atomic E-state index is -0.581. The van der Waals surface area contributed by atoms with Crippen molar-refractivity contribution in [3.63, 3.8) is 0 Å². The largest absolute Gasteiger partial charge is 0.442 e. The van der Waals surface area contributed by atoms with Gasteiger partial charge in [0.05, 0.1) is 25.8 Å². The van der Waals surface area contributed by atoms with Gasteiger partial charge in [-0.15, -0.1) is 10.2 Å². The van der Waals surface area contributed by atoms with Gasteiger partial charge in [-0.1, -0.05) is 7.43 Å². The molecule has 1 atom stereocenters. The third kappa shape index (κ3) is 4.29. The molecule has 1 aromatic carbocycles. The van der Waals surface area contributed by atoms with E-state index in [1.54, 1.807) is 48.1 Å². The maximum absolute atomic E-state index is 15.0. The Hall–Kier alpha value is -4.35. The lowest BCUT2D eigenvalue weighted by atomic mass is 10.1. The molecule has 4 aromatic rings. The molecular formula is C22H23FN8O3. The number of cyclic esters (lactones) is 1. The number of carbonyl (C=O) groups excluding carboxylic acids is 2. The van der Waals surface area contributed by atoms with Crippen LogP contribution in [-0.2, 0) is 16.6 Å². The monoisotopic (exact) mass is 466 g/mol. The Labute approximate surface area is 194 Å². The average molecular weight is 466 g/mol. The summed E-state index contributed by atoms with van der Waals surface area (Å²) in [5.74, 6) is -0.302. The zero-order valence-corrected chi connectivity index (χ0v) is 17.8. The molecule has 2 amide bonds. The minimum absolute atomic E-state index is 0. The van der Waals surface area contributed by atoms with Crippen molar-refractivity contribution in [3.8, 4) is 22.6 Å². The van der Waals surface area contributed by atoms with Crippen LogP contribution in [-0.4, -0.2) is 60.8 Å². The van der Waals surface area contributed by atoms with E-state index in [0.29, 0.717) is 34.0 Å². The van der Waals surface area contributed by atoms with E-state index in [4.69, 9.17) is 4.74 Å². The number of imidazole rings is 1. The van der Waals surface area contributed by atoms with Crippen LogP contribution in [0.3, 0.4) is 0 Å². The van der Waals surface area contributed by atoms with Gasteiger partial charge >= 0.3 is 6.09 Å². The number of amides is 2. The van der Waals surface area contributed by atoms with Crippen molar-refractivity contribution in [2.75, 3.05) is 18.0 Å². The Bertz CT molecular complexity index is 1380. The third-order valence-corrected chi connectivity index (χ3v) is 5.22. The fourth-order valence-corrected chi connectivity index (χ4v) is 3.65. The normalized spacial score (nSPS) is 15.3. The molecule has 1 N–H and O–H groups in total. The third-order valence-electron chi connectivity index (χ3n) is 5.22. The second-order valence-electron chi connectivity index (χ2n) is 7.63. The van der Waals surface area contributed by atoms with Gasteiger partial charge in [0.25, 0.3) is 0 Å². The number of halogens is 1. The first kappa shape index (κ1) is 22.8. The van der Waals surface area contributed by atoms with E-state index in [2.05, 4.69) is 25.7 Å². The fourth-order valence-electron chi connectivity index (χ4n) is 3.65. The Balaban J connectivity index is 0.00000274. The van der Waals surface area contributed by atoms with Crippen LogP contribution in [0.25, 0.3) is 28.3 Å². The first-order valence-corrected chi connectivity index (χ1v) is 10.1. The van der Waals surface area contributed by atoms with Crippen LogP contribution < -0.4 is 10.2 Å². The van der Waals surface area contributed by atoms with E-state index < -0.39 is 18.0 Å². The van der Waals surface area contributed by atoms with Gasteiger partial charge in [-0.05, 0) is 35.5 Å². The molecule has 1 fully saturated rings. The predicted molar refractivity (Wildman–Crippen MR) is 121 cm³/mol. The van der Waals surface area contributed by atoms with Gasteiger partial charge < -0.3 is 14.5 Å². The van der Waals surface area contributed by atoms with Gasteiger partial charge in [0.15, 0.2) is 0 Å². The molecular weight excluding hydrogens is 443 g/mol. The number of tetrazole rings is 1. The number of carbonyl (C=O) groups is 2. The van der Waals surface area contributed by atoms with E-state index in [9.17, 15) is 9.59 Å². The molecule has 0 aliphatic carbocycles. The standard InChI is InChI=1S/C21H19FN8O3.CH4/c1-12(31)23-8-15-10-30(21(32)33-15)14-4-5-16(17(22)7-14)13-3-6-19-24-18(11-29(19)9-13)20-25-27-28(2)26-20;/h3-7,9,11,15H,8,10H2,1-2H3,(H,23,31);1H4/t15-;/m0./s1. The lowest BCUT2D eigenvalue weighted by molar-refractivity contribution is -0.119. The number of nitrogens with zero attached hydrogens (tertiary/aromatic N) is 7. The summed E-state index contributed by atoms with van der Waals surface area (Å²) in [5.41, 5.74) is 2.60. The Kier molecular flexibility index (Phi) is 5.97. The second-order valence-corrected chi connectivity index (χ2v) is 7.63. The first-order valence-electron chi connectivity index (χ1n) is 10.1. The highest BCUT2D eigenvalue weighted by Crippen LogP contribution is 2.29. The quantitative estimate of drug-likeness (QED) is 0.480. The fraction of sp³-hybridized carbons (Fsp3) is 0.273. The molecule has 34 heavy (non-hydrogen) atoms. The van der Waals surface area contributed by atoms with Gasteiger partial charge in [-0.2, -0.15) is 4.80 Å². The Morgan fingerprint density at radius 1 is 1.26 bits per heavy atom. The number of hydrogen-bond donors (Lipinski definition) is 1. The molecule has 1 aliphatic rings. The molecule has 0 spiro atoms. The van der Waals surface area contributed by atoms with Crippen LogP contribution in [0.2, 0.25) is 0 Å². The number of benzene rings is 1. The Morgan fingerprint density at radius 2 is 2.09 bits per heavy atom. The van der Waals surface area contributed by atoms with Gasteiger partial charge in [0.2, 0.25) is 11.7 Å². The number of pyridine rings is 1. The molecule has 5 rings (SSSR count). The molecule has 3 aromatic heterocycles. The summed E-state index contributed by atoms with van der Waals surface area (Å²) >= 11 is 0. The van der Waals surface area contributed by atoms with Crippen molar-refractivity contribution >= 4 is 23.3 Å². The number of hydrogen-bond acceptors (Lipinski definition) is 7. The molecule has 0 radical (unpaired) electrons. The smallest absolute Gasteiger partial charge is 0.414 e. The van der Waals surface area contributed by atoms with Gasteiger partial charge in [-0.3, -0.25) is 9.69 Å². The molecule has 1 saturated heterocycles. The highest BCUT2D eigenvalue weighted by Gasteiger charge is 2.32. The lowest BCUT2D eigenvalue weighted by Crippen LogP contribution is -2.33. The Morgan fingerprint density at radius 3 is 2.79 bits per heavy atom. The molecule has 1 aliphatic heterocycles. The number of aryl methyl sites for hydroxylation is 1. The number of aromatic nitrogens is 6. The maximum Gasteiger partial charge on any atom is 0.414 e. The highest BCUT2D eigenvalue weighted by molar-refractivity contribution is 5.90. The summed E-state index contributed by atoms with van der Waals surface area (Å²) in [6, 6.07) is 8.11. The van der Waals surface area contributed by atoms with Crippen molar-refractivity contribution in [2.24, 2.45) is 7.05 Å². The molecule has 0 bridgehead atoms. The van der Waals surface area contributed by atoms with Crippen molar-refractivity contribution in [2.45, 2.75) is 20.5 Å². The van der Waals surface area contributed by atoms with E-state index in [1.165, 1.54) is 22.7 Å². The number of ether oxygens (including phenoxy) is 1. The predicted octanol–water partition coefficient (Wildman–Crippen LogP) is 2.43. The zero-order chi connectivity index (χ0) is 23.1. The van der Waals surface area contributed by atoms with Crippen molar-refractivity contribution in [1.29, 1.82) is 0 Å². The van der Waals surface area contributed by atoms with Crippen LogP contribution in [0.1, 0.15) is 14.4 Å². The highest BCUT2D eigenvalue weighted by atomic mass is 19.1. The van der Waals surface area contributed by atoms with Crippen molar-refractivity contribution in [1.82, 2.24) is 34.9 Å². The lowest BCUT2D eigenvalue weighted by Gasteiger charge is -2.14. The summed E-state index contributed by atoms with van der Waals surface area (Å²) in [5, 5.41) is 14.5. The van der Waals surface area contributed by atoms with E-state index in [-0.39, 0.29) is 26.4 Å². The molecule has 12 heteroatoms. The summed E-state index contributed by atoms with van der Waals surface area (Å²) in [6.07, 6.45) is 2.43. The van der Waals surface area contributed by atoms with Gasteiger partial charge in [-0.25, -0.2) is 14.2 Å². The molecule has 4 heterocycles. The van der Waals surface area contributed by atoms with E-state index in [1.807, 2.05) is 0 Å². The molecule has 0 saturated carbocycles. The zero-order valence-electron chi connectivity index (χ0n) is 17.8. The number of rotatable bonds is 5. The number of nitrogens with one attached hydrogen (secondary N) is 1. The van der Waals surface area contributed by atoms with E-state index >= 15 is 4.39 Å². The number of fused-ring (bicyclic) bond motifs is 1. The van der Waals surface area contributed by atoms with Gasteiger partial charge in [0.1, 0.15) is 23.3 Å². The van der Waals surface area contributed by atoms with Crippen LogP contribution >= 0.6 is 0 Å². The summed E-state index contributed by atoms with van der Waals surface area (Å²) in [6.45, 7) is 1.81. The number of anilines is 1. The van der Waals surface area contributed by atoms with Crippen LogP contribution in [0.5, 0.6) is 0 Å². The minimum Gasteiger partial charge on any atom is -0.442 e. The SMILES string of the molecule is C.CC(=O)NC[C@H]1CN(c2ccc(-c3ccc4nc(-c5nnn(C)n5)cn4c3)c(F)c2)C(=O)O1. The van der Waals surface area contributed by atoms with Crippen molar-refractivity contribution in [3.05, 3.63) is 48.5 Å². The van der Waals surface area contributed by atoms with Crippen LogP contribution in [0, 0.1) is 5.82 Å². The molecule has 0 unspecified atom stereocenters. The summed E-state index contributed by atoms with van der Waals surface area (Å²) in [4.78, 5) is 30.4. The maximum atomic E-state index is 15.0. The van der Waals surface area contributed by atoms with Crippen LogP contribution in [0.4, 0.5) is 14.9 Å². The first-order chi connectivity index (χ1) is 15.9. The average Bonchev–Trinajstić information content (AvgIpc) is 3.49.